The first-order valence-electron chi connectivity index (χ1n) is 9.64. The molecule has 3 rings (SSSR count). The summed E-state index contributed by atoms with van der Waals surface area (Å²) in [5, 5.41) is 11.3. The zero-order valence-corrected chi connectivity index (χ0v) is 18.3. The summed E-state index contributed by atoms with van der Waals surface area (Å²) in [6.07, 6.45) is -12.2. The third-order valence-corrected chi connectivity index (χ3v) is 7.03. The van der Waals surface area contributed by atoms with Crippen molar-refractivity contribution in [2.45, 2.75) is 42.2 Å². The fourth-order valence-corrected chi connectivity index (χ4v) is 4.87. The van der Waals surface area contributed by atoms with E-state index in [1.165, 1.54) is 0 Å². The average Bonchev–Trinajstić information content (AvgIpc) is 3.30. The zero-order valence-electron chi connectivity index (χ0n) is 17.5. The molecule has 0 saturated heterocycles. The monoisotopic (exact) mass is 532 g/mol. The van der Waals surface area contributed by atoms with Crippen molar-refractivity contribution < 1.29 is 53.4 Å². The van der Waals surface area contributed by atoms with E-state index in [-0.39, 0.29) is 11.3 Å². The first-order chi connectivity index (χ1) is 15.8. The molecule has 0 aliphatic heterocycles. The maximum absolute atomic E-state index is 13.3. The predicted octanol–water partition coefficient (Wildman–Crippen LogP) is 4.45. The molecule has 1 unspecified atom stereocenters. The SMILES string of the molecule is CC(=O)Nc1ccc(C(O)(C(F)(F)F)C(F)(F)F)cc1-c1ccc(S(=O)(=O)CC2CC2(F)F)nc1. The van der Waals surface area contributed by atoms with Crippen LogP contribution in [0, 0.1) is 5.92 Å². The normalized spacial score (nSPS) is 18.3. The number of aliphatic hydroxyl groups is 1. The van der Waals surface area contributed by atoms with Crippen molar-refractivity contribution >= 4 is 21.4 Å². The Hall–Kier alpha value is -2.81. The molecule has 0 radical (unpaired) electrons. The number of aromatic nitrogens is 1. The molecule has 1 heterocycles. The van der Waals surface area contributed by atoms with Gasteiger partial charge < -0.3 is 10.4 Å². The summed E-state index contributed by atoms with van der Waals surface area (Å²) in [7, 11) is -4.26. The van der Waals surface area contributed by atoms with E-state index >= 15 is 0 Å². The fourth-order valence-electron chi connectivity index (χ4n) is 3.32. The third kappa shape index (κ3) is 5.10. The Labute approximate surface area is 192 Å². The van der Waals surface area contributed by atoms with Crippen LogP contribution in [0.2, 0.25) is 0 Å². The van der Waals surface area contributed by atoms with Gasteiger partial charge in [0.2, 0.25) is 5.91 Å². The molecule has 2 N–H and O–H groups in total. The number of sulfone groups is 1. The lowest BCUT2D eigenvalue weighted by atomic mass is 9.89. The van der Waals surface area contributed by atoms with Crippen LogP contribution >= 0.6 is 0 Å². The van der Waals surface area contributed by atoms with Gasteiger partial charge in [0.05, 0.1) is 5.75 Å². The molecule has 1 amide bonds. The van der Waals surface area contributed by atoms with Crippen molar-refractivity contribution in [3.63, 3.8) is 0 Å². The Morgan fingerprint density at radius 3 is 2.11 bits per heavy atom. The lowest BCUT2D eigenvalue weighted by Crippen LogP contribution is -2.53. The van der Waals surface area contributed by atoms with Crippen LogP contribution in [0.1, 0.15) is 18.9 Å². The molecule has 1 aromatic carbocycles. The highest BCUT2D eigenvalue weighted by atomic mass is 32.2. The Balaban J connectivity index is 2.08. The van der Waals surface area contributed by atoms with E-state index in [2.05, 4.69) is 10.3 Å². The van der Waals surface area contributed by atoms with Gasteiger partial charge in [-0.05, 0) is 24.3 Å². The molecule has 1 aromatic heterocycles. The van der Waals surface area contributed by atoms with Crippen LogP contribution in [0.15, 0.2) is 41.6 Å². The molecule has 35 heavy (non-hydrogen) atoms. The van der Waals surface area contributed by atoms with Crippen LogP contribution in [-0.2, 0) is 20.2 Å². The molecule has 15 heteroatoms. The molecular formula is C20H16F8N2O4S. The van der Waals surface area contributed by atoms with E-state index in [9.17, 15) is 53.4 Å². The lowest BCUT2D eigenvalue weighted by molar-refractivity contribution is -0.376. The Kier molecular flexibility index (Phi) is 6.43. The Morgan fingerprint density at radius 1 is 1.11 bits per heavy atom. The molecule has 1 saturated carbocycles. The number of halogens is 8. The number of amides is 1. The zero-order chi connectivity index (χ0) is 26.6. The molecule has 0 bridgehead atoms. The van der Waals surface area contributed by atoms with Gasteiger partial charge in [-0.2, -0.15) is 26.3 Å². The molecule has 6 nitrogen and oxygen atoms in total. The first-order valence-corrected chi connectivity index (χ1v) is 11.3. The number of nitrogens with zero attached hydrogens (tertiary/aromatic N) is 1. The molecule has 1 aliphatic carbocycles. The Morgan fingerprint density at radius 2 is 1.69 bits per heavy atom. The van der Waals surface area contributed by atoms with Gasteiger partial charge in [0.25, 0.3) is 11.5 Å². The standard InChI is InChI=1S/C20H16F8N2O4S/c1-10(31)30-15-4-3-12(18(32,19(23,24)25)20(26,27)28)6-14(15)11-2-5-16(29-8-11)35(33,34)9-13-7-17(13,21)22/h2-6,8,13,32H,7,9H2,1H3,(H,30,31). The second-order valence-electron chi connectivity index (χ2n) is 7.98. The van der Waals surface area contributed by atoms with Crippen LogP contribution < -0.4 is 5.32 Å². The van der Waals surface area contributed by atoms with E-state index in [1.54, 1.807) is 0 Å². The summed E-state index contributed by atoms with van der Waals surface area (Å²) in [4.78, 5) is 15.1. The van der Waals surface area contributed by atoms with Crippen LogP contribution in [0.5, 0.6) is 0 Å². The van der Waals surface area contributed by atoms with Gasteiger partial charge in [-0.1, -0.05) is 6.07 Å². The van der Waals surface area contributed by atoms with Gasteiger partial charge in [-0.3, -0.25) is 4.79 Å². The number of anilines is 1. The van der Waals surface area contributed by atoms with E-state index < -0.39 is 73.9 Å². The third-order valence-electron chi connectivity index (χ3n) is 5.31. The number of carbonyl (C=O) groups excluding carboxylic acids is 1. The van der Waals surface area contributed by atoms with Gasteiger partial charge in [-0.25, -0.2) is 22.2 Å². The minimum Gasteiger partial charge on any atom is -0.369 e. The highest BCUT2D eigenvalue weighted by molar-refractivity contribution is 7.91. The van der Waals surface area contributed by atoms with Gasteiger partial charge >= 0.3 is 12.4 Å². The number of benzene rings is 1. The second-order valence-corrected chi connectivity index (χ2v) is 9.96. The first kappa shape index (κ1) is 26.8. The quantitative estimate of drug-likeness (QED) is 0.537. The van der Waals surface area contributed by atoms with Crippen molar-refractivity contribution in [2.24, 2.45) is 5.92 Å². The van der Waals surface area contributed by atoms with Crippen LogP contribution in [-0.4, -0.2) is 48.4 Å². The van der Waals surface area contributed by atoms with Crippen LogP contribution in [0.3, 0.4) is 0 Å². The highest BCUT2D eigenvalue weighted by Crippen LogP contribution is 2.51. The summed E-state index contributed by atoms with van der Waals surface area (Å²) in [6.45, 7) is 1.01. The summed E-state index contributed by atoms with van der Waals surface area (Å²) < 4.78 is 131. The van der Waals surface area contributed by atoms with E-state index in [0.29, 0.717) is 18.2 Å². The summed E-state index contributed by atoms with van der Waals surface area (Å²) >= 11 is 0. The lowest BCUT2D eigenvalue weighted by Gasteiger charge is -2.33. The summed E-state index contributed by atoms with van der Waals surface area (Å²) in [6, 6.07) is 3.18. The van der Waals surface area contributed by atoms with E-state index in [4.69, 9.17) is 0 Å². The molecule has 0 spiro atoms. The smallest absolute Gasteiger partial charge is 0.369 e. The molecule has 1 fully saturated rings. The number of carbonyl (C=O) groups is 1. The summed E-state index contributed by atoms with van der Waals surface area (Å²) in [5.74, 6) is -6.14. The largest absolute Gasteiger partial charge is 0.430 e. The minimum atomic E-state index is -6.17. The number of hydrogen-bond acceptors (Lipinski definition) is 5. The van der Waals surface area contributed by atoms with Gasteiger partial charge in [0, 0.05) is 47.8 Å². The van der Waals surface area contributed by atoms with Crippen molar-refractivity contribution in [1.82, 2.24) is 4.98 Å². The molecule has 192 valence electrons. The number of rotatable bonds is 6. The number of nitrogens with one attached hydrogen (secondary N) is 1. The van der Waals surface area contributed by atoms with Crippen molar-refractivity contribution in [1.29, 1.82) is 0 Å². The molecule has 2 aromatic rings. The average molecular weight is 532 g/mol. The maximum atomic E-state index is 13.3. The van der Waals surface area contributed by atoms with E-state index in [1.807, 2.05) is 0 Å². The number of hydrogen-bond donors (Lipinski definition) is 2. The molecular weight excluding hydrogens is 516 g/mol. The fraction of sp³-hybridized carbons (Fsp3) is 0.400. The van der Waals surface area contributed by atoms with Gasteiger partial charge in [0.1, 0.15) is 0 Å². The van der Waals surface area contributed by atoms with Crippen LogP contribution in [0.4, 0.5) is 40.8 Å². The second kappa shape index (κ2) is 8.40. The van der Waals surface area contributed by atoms with Crippen molar-refractivity contribution in [3.8, 4) is 11.1 Å². The topological polar surface area (TPSA) is 96.4 Å². The van der Waals surface area contributed by atoms with Gasteiger partial charge in [-0.15, -0.1) is 0 Å². The molecule has 1 atom stereocenters. The Bertz CT molecular complexity index is 1230. The highest BCUT2D eigenvalue weighted by Gasteiger charge is 2.71. The minimum absolute atomic E-state index is 0.224. The maximum Gasteiger partial charge on any atom is 0.430 e. The van der Waals surface area contributed by atoms with Crippen LogP contribution in [0.25, 0.3) is 11.1 Å². The number of alkyl halides is 8. The van der Waals surface area contributed by atoms with Crippen molar-refractivity contribution in [3.05, 3.63) is 42.1 Å². The van der Waals surface area contributed by atoms with Crippen molar-refractivity contribution in [2.75, 3.05) is 11.1 Å². The molecule has 1 aliphatic rings. The predicted molar refractivity (Wildman–Crippen MR) is 105 cm³/mol. The summed E-state index contributed by atoms with van der Waals surface area (Å²) in [5.41, 5.74) is -7.81. The van der Waals surface area contributed by atoms with E-state index in [0.717, 1.165) is 25.3 Å². The van der Waals surface area contributed by atoms with Gasteiger partial charge in [0.15, 0.2) is 14.9 Å². The number of pyridine rings is 1.